The van der Waals surface area contributed by atoms with Crippen LogP contribution in [0.3, 0.4) is 0 Å². The molecule has 3 nitrogen and oxygen atoms in total. The first-order valence-electron chi connectivity index (χ1n) is 11.6. The Kier molecular flexibility index (Phi) is 4.01. The van der Waals surface area contributed by atoms with Gasteiger partial charge in [-0.25, -0.2) is 0 Å². The molecule has 0 amide bonds. The minimum Gasteiger partial charge on any atom is -0.465 e. The predicted octanol–water partition coefficient (Wildman–Crippen LogP) is 5.33. The van der Waals surface area contributed by atoms with E-state index in [-0.39, 0.29) is 16.8 Å². The average molecular weight is 385 g/mol. The van der Waals surface area contributed by atoms with Gasteiger partial charge in [0.25, 0.3) is 0 Å². The number of carbonyl (C=O) groups excluding carboxylic acids is 2. The maximum Gasteiger partial charge on any atom is 0.306 e. The van der Waals surface area contributed by atoms with E-state index in [4.69, 9.17) is 4.74 Å². The summed E-state index contributed by atoms with van der Waals surface area (Å²) in [6, 6.07) is 0. The molecule has 0 aromatic rings. The van der Waals surface area contributed by atoms with Crippen molar-refractivity contribution in [3.8, 4) is 0 Å². The van der Waals surface area contributed by atoms with Crippen molar-refractivity contribution >= 4 is 11.8 Å². The molecule has 7 atom stereocenters. The number of ether oxygens (including phenoxy) is 1. The van der Waals surface area contributed by atoms with Crippen LogP contribution >= 0.6 is 0 Å². The number of allylic oxidation sites excluding steroid dienone is 2. The Morgan fingerprint density at radius 1 is 0.964 bits per heavy atom. The van der Waals surface area contributed by atoms with E-state index in [1.807, 2.05) is 0 Å². The summed E-state index contributed by atoms with van der Waals surface area (Å²) in [5, 5.41) is 0. The Morgan fingerprint density at radius 2 is 1.71 bits per heavy atom. The summed E-state index contributed by atoms with van der Waals surface area (Å²) in [6.07, 6.45) is 11.1. The lowest BCUT2D eigenvalue weighted by molar-refractivity contribution is -0.144. The molecule has 0 aromatic carbocycles. The van der Waals surface area contributed by atoms with Gasteiger partial charge in [0.2, 0.25) is 0 Å². The number of fused-ring (bicyclic) bond motifs is 5. The van der Waals surface area contributed by atoms with Gasteiger partial charge < -0.3 is 4.74 Å². The zero-order valence-electron chi connectivity index (χ0n) is 18.1. The van der Waals surface area contributed by atoms with Crippen LogP contribution in [0, 0.1) is 45.8 Å². The molecule has 154 valence electrons. The van der Waals surface area contributed by atoms with Crippen LogP contribution < -0.4 is 0 Å². The lowest BCUT2D eigenvalue weighted by Crippen LogP contribution is -2.55. The predicted molar refractivity (Wildman–Crippen MR) is 108 cm³/mol. The van der Waals surface area contributed by atoms with E-state index < -0.39 is 0 Å². The van der Waals surface area contributed by atoms with Gasteiger partial charge in [0, 0.05) is 17.8 Å². The summed E-state index contributed by atoms with van der Waals surface area (Å²) in [5.41, 5.74) is 2.14. The molecule has 28 heavy (non-hydrogen) atoms. The Morgan fingerprint density at radius 3 is 2.43 bits per heavy atom. The molecule has 1 heterocycles. The van der Waals surface area contributed by atoms with Crippen molar-refractivity contribution in [3.05, 3.63) is 11.6 Å². The van der Waals surface area contributed by atoms with Gasteiger partial charge in [0.1, 0.15) is 5.78 Å². The smallest absolute Gasteiger partial charge is 0.306 e. The number of ketones is 1. The number of rotatable bonds is 1. The topological polar surface area (TPSA) is 43.4 Å². The van der Waals surface area contributed by atoms with Gasteiger partial charge >= 0.3 is 5.97 Å². The minimum atomic E-state index is -0.185. The first-order chi connectivity index (χ1) is 13.2. The Bertz CT molecular complexity index is 749. The van der Waals surface area contributed by atoms with Gasteiger partial charge in [-0.05, 0) is 73.0 Å². The van der Waals surface area contributed by atoms with E-state index in [0.29, 0.717) is 53.8 Å². The molecule has 4 fully saturated rings. The molecule has 1 aliphatic heterocycles. The molecule has 0 bridgehead atoms. The molecule has 0 unspecified atom stereocenters. The van der Waals surface area contributed by atoms with Crippen LogP contribution in [0.5, 0.6) is 0 Å². The van der Waals surface area contributed by atoms with E-state index in [9.17, 15) is 9.59 Å². The fourth-order valence-corrected chi connectivity index (χ4v) is 8.73. The maximum atomic E-state index is 12.7. The van der Waals surface area contributed by atoms with E-state index in [0.717, 1.165) is 19.3 Å². The van der Waals surface area contributed by atoms with E-state index in [1.165, 1.54) is 25.7 Å². The Balaban J connectivity index is 1.47. The molecule has 3 saturated carbocycles. The van der Waals surface area contributed by atoms with Crippen LogP contribution in [0.25, 0.3) is 0 Å². The molecule has 5 rings (SSSR count). The largest absolute Gasteiger partial charge is 0.465 e. The van der Waals surface area contributed by atoms with Gasteiger partial charge in [-0.2, -0.15) is 0 Å². The summed E-state index contributed by atoms with van der Waals surface area (Å²) in [7, 11) is 0. The Labute approximate surface area is 169 Å². The number of Topliss-reactive ketones (excluding diaryl/α,β-unsaturated/α-hetero) is 1. The molecule has 0 aromatic heterocycles. The number of cyclic esters (lactones) is 1. The highest BCUT2D eigenvalue weighted by Crippen LogP contribution is 2.68. The Hall–Kier alpha value is -1.12. The monoisotopic (exact) mass is 384 g/mol. The summed E-state index contributed by atoms with van der Waals surface area (Å²) >= 11 is 0. The summed E-state index contributed by atoms with van der Waals surface area (Å²) in [4.78, 5) is 24.4. The molecule has 3 heteroatoms. The molecular weight excluding hydrogens is 348 g/mol. The van der Waals surface area contributed by atoms with Crippen molar-refractivity contribution in [2.45, 2.75) is 79.1 Å². The van der Waals surface area contributed by atoms with Crippen LogP contribution in [0.4, 0.5) is 0 Å². The van der Waals surface area contributed by atoms with E-state index in [2.05, 4.69) is 33.8 Å². The highest BCUT2D eigenvalue weighted by molar-refractivity contribution is 5.85. The SMILES string of the molecule is CC1(C)C(=O)CC[C@]2(C)[C@H]3CC[C@]4(C)[C@H](CC[C@H]4[C@H]4COC(=O)C4)C3=CC[C@@H]12. The first kappa shape index (κ1) is 18.9. The van der Waals surface area contributed by atoms with Gasteiger partial charge in [-0.3, -0.25) is 9.59 Å². The second-order valence-electron chi connectivity index (χ2n) is 11.6. The number of hydrogen-bond donors (Lipinski definition) is 0. The third-order valence-electron chi connectivity index (χ3n) is 10.3. The van der Waals surface area contributed by atoms with Crippen LogP contribution in [-0.2, 0) is 14.3 Å². The normalized spacial score (nSPS) is 49.7. The average Bonchev–Trinajstić information content (AvgIpc) is 3.21. The van der Waals surface area contributed by atoms with E-state index >= 15 is 0 Å². The second-order valence-corrected chi connectivity index (χ2v) is 11.6. The minimum absolute atomic E-state index is 0.00655. The van der Waals surface area contributed by atoms with Crippen molar-refractivity contribution in [2.24, 2.45) is 45.8 Å². The third-order valence-corrected chi connectivity index (χ3v) is 10.3. The third kappa shape index (κ3) is 2.34. The van der Waals surface area contributed by atoms with Gasteiger partial charge in [0.15, 0.2) is 0 Å². The quantitative estimate of drug-likeness (QED) is 0.453. The van der Waals surface area contributed by atoms with Gasteiger partial charge in [-0.1, -0.05) is 39.3 Å². The van der Waals surface area contributed by atoms with Crippen molar-refractivity contribution in [3.63, 3.8) is 0 Å². The standard InChI is InChI=1S/C25H36O3/c1-23(2)20-8-5-16-18-7-6-17(15-13-22(27)28-14-15)24(18,3)11-9-19(16)25(20,4)12-10-21(23)26/h5,15,17-20H,6-14H2,1-4H3/t15-,17+,18-,19+,20+,24+,25-/m1/s1. The lowest BCUT2D eigenvalue weighted by Gasteiger charge is -2.60. The summed E-state index contributed by atoms with van der Waals surface area (Å²) in [5.74, 6) is 3.34. The van der Waals surface area contributed by atoms with E-state index in [1.54, 1.807) is 5.57 Å². The molecular formula is C25H36O3. The molecule has 5 aliphatic rings. The second kappa shape index (κ2) is 5.95. The zero-order chi connectivity index (χ0) is 19.9. The van der Waals surface area contributed by atoms with Crippen molar-refractivity contribution < 1.29 is 14.3 Å². The number of esters is 1. The number of carbonyl (C=O) groups is 2. The van der Waals surface area contributed by atoms with Crippen LogP contribution in [0.1, 0.15) is 79.1 Å². The molecule has 4 aliphatic carbocycles. The maximum absolute atomic E-state index is 12.7. The van der Waals surface area contributed by atoms with Crippen molar-refractivity contribution in [1.29, 1.82) is 0 Å². The van der Waals surface area contributed by atoms with Crippen molar-refractivity contribution in [1.82, 2.24) is 0 Å². The lowest BCUT2D eigenvalue weighted by atomic mass is 9.44. The highest BCUT2D eigenvalue weighted by Gasteiger charge is 2.61. The molecule has 0 radical (unpaired) electrons. The summed E-state index contributed by atoms with van der Waals surface area (Å²) in [6.45, 7) is 10.1. The summed E-state index contributed by atoms with van der Waals surface area (Å²) < 4.78 is 5.34. The zero-order valence-corrected chi connectivity index (χ0v) is 18.1. The number of hydrogen-bond acceptors (Lipinski definition) is 3. The van der Waals surface area contributed by atoms with Crippen LogP contribution in [0.15, 0.2) is 11.6 Å². The van der Waals surface area contributed by atoms with Gasteiger partial charge in [-0.15, -0.1) is 0 Å². The highest BCUT2D eigenvalue weighted by atomic mass is 16.5. The van der Waals surface area contributed by atoms with Crippen LogP contribution in [0.2, 0.25) is 0 Å². The molecule has 0 N–H and O–H groups in total. The van der Waals surface area contributed by atoms with Crippen molar-refractivity contribution in [2.75, 3.05) is 6.61 Å². The van der Waals surface area contributed by atoms with Gasteiger partial charge in [0.05, 0.1) is 13.0 Å². The molecule has 1 saturated heterocycles. The fourth-order valence-electron chi connectivity index (χ4n) is 8.73. The fraction of sp³-hybridized carbons (Fsp3) is 0.840. The first-order valence-corrected chi connectivity index (χ1v) is 11.6. The molecule has 0 spiro atoms. The van der Waals surface area contributed by atoms with Crippen LogP contribution in [-0.4, -0.2) is 18.4 Å².